The topological polar surface area (TPSA) is 118 Å². The Labute approximate surface area is 158 Å². The van der Waals surface area contributed by atoms with Crippen LogP contribution in [0.4, 0.5) is 0 Å². The Bertz CT molecular complexity index is 954. The highest BCUT2D eigenvalue weighted by Crippen LogP contribution is 2.25. The molecule has 3 heterocycles. The van der Waals surface area contributed by atoms with Crippen LogP contribution < -0.4 is 4.72 Å². The van der Waals surface area contributed by atoms with Crippen molar-refractivity contribution in [1.29, 1.82) is 0 Å². The van der Waals surface area contributed by atoms with Crippen LogP contribution in [0.3, 0.4) is 0 Å². The SMILES string of the molecule is CCCS(=O)(=O)NCc1c(C)ncc2c1CCN(C(=O)c1nonc1C)C2. The fraction of sp³-hybridized carbons (Fsp3) is 0.529. The molecule has 0 bridgehead atoms. The number of aryl methyl sites for hydroxylation is 2. The Morgan fingerprint density at radius 2 is 2.07 bits per heavy atom. The second-order valence-electron chi connectivity index (χ2n) is 6.64. The average molecular weight is 393 g/mol. The number of sulfonamides is 1. The van der Waals surface area contributed by atoms with Crippen LogP contribution in [0.15, 0.2) is 10.8 Å². The third kappa shape index (κ3) is 4.16. The number of nitrogens with zero attached hydrogens (tertiary/aromatic N) is 4. The van der Waals surface area contributed by atoms with E-state index in [1.807, 2.05) is 13.8 Å². The van der Waals surface area contributed by atoms with E-state index in [9.17, 15) is 13.2 Å². The van der Waals surface area contributed by atoms with Crippen LogP contribution in [0, 0.1) is 13.8 Å². The molecule has 27 heavy (non-hydrogen) atoms. The number of fused-ring (bicyclic) bond motifs is 1. The highest BCUT2D eigenvalue weighted by atomic mass is 32.2. The minimum Gasteiger partial charge on any atom is -0.332 e. The van der Waals surface area contributed by atoms with Gasteiger partial charge in [0.05, 0.1) is 5.75 Å². The Balaban J connectivity index is 1.80. The molecular formula is C17H23N5O4S. The van der Waals surface area contributed by atoms with Gasteiger partial charge in [-0.2, -0.15) is 0 Å². The number of nitrogens with one attached hydrogen (secondary N) is 1. The molecule has 2 aromatic heterocycles. The Morgan fingerprint density at radius 1 is 1.30 bits per heavy atom. The van der Waals surface area contributed by atoms with E-state index in [0.29, 0.717) is 31.6 Å². The van der Waals surface area contributed by atoms with E-state index in [1.54, 1.807) is 18.0 Å². The van der Waals surface area contributed by atoms with E-state index < -0.39 is 10.0 Å². The number of carbonyl (C=O) groups excluding carboxylic acids is 1. The van der Waals surface area contributed by atoms with Crippen molar-refractivity contribution in [2.45, 2.75) is 46.7 Å². The Hall–Kier alpha value is -2.33. The minimum absolute atomic E-state index is 0.0991. The number of hydrogen-bond acceptors (Lipinski definition) is 7. The van der Waals surface area contributed by atoms with Gasteiger partial charge in [0, 0.05) is 31.5 Å². The van der Waals surface area contributed by atoms with E-state index in [1.165, 1.54) is 0 Å². The fourth-order valence-corrected chi connectivity index (χ4v) is 4.27. The molecule has 10 heteroatoms. The Morgan fingerprint density at radius 3 is 2.74 bits per heavy atom. The van der Waals surface area contributed by atoms with E-state index in [-0.39, 0.29) is 23.9 Å². The lowest BCUT2D eigenvalue weighted by molar-refractivity contribution is 0.0722. The summed E-state index contributed by atoms with van der Waals surface area (Å²) in [7, 11) is -3.30. The number of carbonyl (C=O) groups is 1. The van der Waals surface area contributed by atoms with Crippen LogP contribution in [0.2, 0.25) is 0 Å². The molecule has 0 saturated heterocycles. The van der Waals surface area contributed by atoms with Gasteiger partial charge in [-0.25, -0.2) is 17.8 Å². The molecule has 0 unspecified atom stereocenters. The van der Waals surface area contributed by atoms with Crippen LogP contribution in [0.25, 0.3) is 0 Å². The number of hydrogen-bond donors (Lipinski definition) is 1. The van der Waals surface area contributed by atoms with Crippen LogP contribution in [0.1, 0.15) is 51.9 Å². The van der Waals surface area contributed by atoms with Crippen molar-refractivity contribution in [1.82, 2.24) is 24.9 Å². The van der Waals surface area contributed by atoms with Gasteiger partial charge in [0.2, 0.25) is 10.0 Å². The first-order chi connectivity index (χ1) is 12.8. The molecule has 0 radical (unpaired) electrons. The van der Waals surface area contributed by atoms with Gasteiger partial charge < -0.3 is 4.90 Å². The molecule has 1 aliphatic rings. The molecule has 1 amide bonds. The molecular weight excluding hydrogens is 370 g/mol. The molecule has 0 fully saturated rings. The van der Waals surface area contributed by atoms with Crippen molar-refractivity contribution in [3.05, 3.63) is 40.0 Å². The molecule has 3 rings (SSSR count). The molecule has 146 valence electrons. The van der Waals surface area contributed by atoms with Crippen LogP contribution in [-0.2, 0) is 29.5 Å². The largest absolute Gasteiger partial charge is 0.332 e. The average Bonchev–Trinajstić information content (AvgIpc) is 3.05. The molecule has 2 aromatic rings. The first-order valence-electron chi connectivity index (χ1n) is 8.84. The monoisotopic (exact) mass is 393 g/mol. The predicted octanol–water partition coefficient (Wildman–Crippen LogP) is 1.11. The predicted molar refractivity (Wildman–Crippen MR) is 97.4 cm³/mol. The molecule has 1 N–H and O–H groups in total. The Kier molecular flexibility index (Phi) is 5.56. The van der Waals surface area contributed by atoms with E-state index in [0.717, 1.165) is 22.4 Å². The number of aromatic nitrogens is 3. The van der Waals surface area contributed by atoms with Crippen LogP contribution in [-0.4, -0.2) is 46.8 Å². The van der Waals surface area contributed by atoms with Crippen molar-refractivity contribution < 1.29 is 17.8 Å². The first kappa shape index (κ1) is 19.4. The highest BCUT2D eigenvalue weighted by molar-refractivity contribution is 7.89. The normalized spacial score (nSPS) is 14.3. The van der Waals surface area contributed by atoms with Crippen LogP contribution in [0.5, 0.6) is 0 Å². The van der Waals surface area contributed by atoms with Crippen molar-refractivity contribution >= 4 is 15.9 Å². The molecule has 0 saturated carbocycles. The fourth-order valence-electron chi connectivity index (χ4n) is 3.23. The number of amides is 1. The zero-order chi connectivity index (χ0) is 19.6. The molecule has 0 aromatic carbocycles. The molecule has 1 aliphatic heterocycles. The second kappa shape index (κ2) is 7.73. The van der Waals surface area contributed by atoms with Crippen molar-refractivity contribution in [2.75, 3.05) is 12.3 Å². The lowest BCUT2D eigenvalue weighted by atomic mass is 9.95. The van der Waals surface area contributed by atoms with E-state index in [2.05, 4.69) is 24.6 Å². The van der Waals surface area contributed by atoms with Crippen molar-refractivity contribution in [3.63, 3.8) is 0 Å². The quantitative estimate of drug-likeness (QED) is 0.781. The zero-order valence-corrected chi connectivity index (χ0v) is 16.5. The van der Waals surface area contributed by atoms with Gasteiger partial charge in [-0.05, 0) is 48.5 Å². The zero-order valence-electron chi connectivity index (χ0n) is 15.7. The van der Waals surface area contributed by atoms with Gasteiger partial charge in [-0.15, -0.1) is 0 Å². The summed E-state index contributed by atoms with van der Waals surface area (Å²) in [6, 6.07) is 0. The molecule has 0 atom stereocenters. The summed E-state index contributed by atoms with van der Waals surface area (Å²) < 4.78 is 31.2. The summed E-state index contributed by atoms with van der Waals surface area (Å²) in [5, 5.41) is 7.34. The summed E-state index contributed by atoms with van der Waals surface area (Å²) in [5.74, 6) is -0.132. The van der Waals surface area contributed by atoms with Gasteiger partial charge in [0.15, 0.2) is 5.69 Å². The van der Waals surface area contributed by atoms with Crippen LogP contribution >= 0.6 is 0 Å². The highest BCUT2D eigenvalue weighted by Gasteiger charge is 2.28. The van der Waals surface area contributed by atoms with Crippen molar-refractivity contribution in [3.8, 4) is 0 Å². The van der Waals surface area contributed by atoms with Gasteiger partial charge in [-0.3, -0.25) is 9.78 Å². The van der Waals surface area contributed by atoms with Crippen molar-refractivity contribution in [2.24, 2.45) is 0 Å². The molecule has 0 aliphatic carbocycles. The summed E-state index contributed by atoms with van der Waals surface area (Å²) in [5.41, 5.74) is 4.33. The summed E-state index contributed by atoms with van der Waals surface area (Å²) in [4.78, 5) is 18.7. The second-order valence-corrected chi connectivity index (χ2v) is 8.57. The minimum atomic E-state index is -3.30. The van der Waals surface area contributed by atoms with E-state index >= 15 is 0 Å². The maximum absolute atomic E-state index is 12.6. The van der Waals surface area contributed by atoms with Gasteiger partial charge in [-0.1, -0.05) is 12.1 Å². The summed E-state index contributed by atoms with van der Waals surface area (Å²) >= 11 is 0. The summed E-state index contributed by atoms with van der Waals surface area (Å²) in [6.45, 7) is 6.48. The first-order valence-corrected chi connectivity index (χ1v) is 10.5. The molecule has 9 nitrogen and oxygen atoms in total. The molecule has 0 spiro atoms. The smallest absolute Gasteiger partial charge is 0.278 e. The van der Waals surface area contributed by atoms with E-state index in [4.69, 9.17) is 0 Å². The van der Waals surface area contributed by atoms with Gasteiger partial charge in [0.25, 0.3) is 5.91 Å². The lowest BCUT2D eigenvalue weighted by Gasteiger charge is -2.30. The lowest BCUT2D eigenvalue weighted by Crippen LogP contribution is -2.37. The maximum atomic E-state index is 12.6. The maximum Gasteiger partial charge on any atom is 0.278 e. The third-order valence-electron chi connectivity index (χ3n) is 4.68. The number of pyridine rings is 1. The number of rotatable bonds is 6. The van der Waals surface area contributed by atoms with Gasteiger partial charge in [0.1, 0.15) is 5.69 Å². The third-order valence-corrected chi connectivity index (χ3v) is 6.21. The summed E-state index contributed by atoms with van der Waals surface area (Å²) in [6.07, 6.45) is 2.94. The standard InChI is InChI=1S/C17H23N5O4S/c1-4-7-27(24,25)19-9-15-11(2)18-8-13-10-22(6-5-14(13)15)17(23)16-12(3)20-26-21-16/h8,19H,4-7,9-10H2,1-3H3. The van der Waals surface area contributed by atoms with Gasteiger partial charge >= 0.3 is 0 Å².